The van der Waals surface area contributed by atoms with Crippen molar-refractivity contribution in [3.63, 3.8) is 0 Å². The first kappa shape index (κ1) is 55.9. The molecule has 18 nitrogen and oxygen atoms in total. The summed E-state index contributed by atoms with van der Waals surface area (Å²) in [5.41, 5.74) is 6.02. The molecule has 13 N–H and O–H groups in total. The maximum absolute atomic E-state index is 12.6. The first-order valence-electron chi connectivity index (χ1n) is 22.3. The van der Waals surface area contributed by atoms with Gasteiger partial charge in [0.25, 0.3) is 0 Å². The third-order valence-electron chi connectivity index (χ3n) is 12.0. The summed E-state index contributed by atoms with van der Waals surface area (Å²) in [6, 6.07) is -1.15. The second kappa shape index (κ2) is 27.4. The highest BCUT2D eigenvalue weighted by molar-refractivity contribution is 5.71. The Morgan fingerprint density at radius 1 is 0.662 bits per heavy atom. The Morgan fingerprint density at radius 3 is 1.82 bits per heavy atom. The number of aliphatic carboxylic acids is 1. The highest BCUT2D eigenvalue weighted by atomic mass is 16.7. The van der Waals surface area contributed by atoms with Crippen LogP contribution in [0.1, 0.15) is 79.1 Å². The highest BCUT2D eigenvalue weighted by Crippen LogP contribution is 2.38. The highest BCUT2D eigenvalue weighted by Gasteiger charge is 2.51. The van der Waals surface area contributed by atoms with Crippen molar-refractivity contribution in [3.8, 4) is 0 Å². The summed E-state index contributed by atoms with van der Waals surface area (Å²) in [5, 5.41) is 118. The number of aliphatic hydroxyl groups excluding tert-OH is 9. The van der Waals surface area contributed by atoms with E-state index in [9.17, 15) is 65.8 Å². The van der Waals surface area contributed by atoms with Crippen molar-refractivity contribution in [3.05, 3.63) is 85.1 Å². The molecule has 19 atom stereocenters. The van der Waals surface area contributed by atoms with E-state index in [0.717, 1.165) is 0 Å². The number of nitrogens with two attached hydrogens (primary N) is 1. The summed E-state index contributed by atoms with van der Waals surface area (Å²) in [6.45, 7) is 6.74. The number of carboxylic acid groups (broad SMARTS) is 1. The lowest BCUT2D eigenvalue weighted by molar-refractivity contribution is -0.308. The van der Waals surface area contributed by atoms with Gasteiger partial charge in [-0.25, -0.2) is 0 Å². The zero-order chi connectivity index (χ0) is 48.4. The van der Waals surface area contributed by atoms with Gasteiger partial charge in [0.15, 0.2) is 12.1 Å². The van der Waals surface area contributed by atoms with Crippen molar-refractivity contribution >= 4 is 11.9 Å². The summed E-state index contributed by atoms with van der Waals surface area (Å²) < 4.78 is 23.1. The van der Waals surface area contributed by atoms with E-state index in [-0.39, 0.29) is 31.6 Å². The van der Waals surface area contributed by atoms with Crippen LogP contribution in [0.2, 0.25) is 0 Å². The van der Waals surface area contributed by atoms with Gasteiger partial charge >= 0.3 is 11.9 Å². The summed E-state index contributed by atoms with van der Waals surface area (Å²) in [5.74, 6) is -6.83. The fourth-order valence-electron chi connectivity index (χ4n) is 7.97. The molecule has 0 radical (unpaired) electrons. The van der Waals surface area contributed by atoms with Crippen LogP contribution in [0.3, 0.4) is 0 Å². The molecule has 0 aliphatic carbocycles. The standard InChI is InChI=1S/C47H73NO17/c1-27-17-15-13-11-9-7-5-6-8-10-12-14-16-18-34(64-46-44(58)41(48)43(57)30(4)63-46)24-38-40(45(59)60)37(54)26-47(61,65-38)25-33(51)22-36(53)35(52)20-19-31(49)21-32(50)23-39(55)62-29(3)28(2)42(27)56/h5-18,27-38,40-44,46,49-54,56-58,61H,19-26,48H2,1-4H3,(H,59,60)/b6-5+,9-7+,10-8+,13-11+,14-12+,17-15+,18-16+/t27-,28-,29-,30?,31?,32?,33?,34-,35?,36?,37-,38?,40?,41-,42+,43?,44?,46?,47+/m0/s1. The molecule has 0 aromatic heterocycles. The van der Waals surface area contributed by atoms with Gasteiger partial charge in [-0.1, -0.05) is 98.9 Å². The second-order valence-electron chi connectivity index (χ2n) is 17.6. The minimum absolute atomic E-state index is 0.107. The van der Waals surface area contributed by atoms with Crippen LogP contribution in [0, 0.1) is 17.8 Å². The number of carboxylic acids is 1. The fourth-order valence-corrected chi connectivity index (χ4v) is 7.97. The van der Waals surface area contributed by atoms with Gasteiger partial charge in [0.1, 0.15) is 18.1 Å². The molecule has 0 saturated carbocycles. The van der Waals surface area contributed by atoms with Crippen molar-refractivity contribution in [1.29, 1.82) is 0 Å². The Balaban J connectivity index is 1.86. The van der Waals surface area contributed by atoms with Gasteiger partial charge in [-0.15, -0.1) is 0 Å². The van der Waals surface area contributed by atoms with Gasteiger partial charge in [0.2, 0.25) is 0 Å². The topological polar surface area (TPSA) is 320 Å². The second-order valence-corrected chi connectivity index (χ2v) is 17.6. The lowest BCUT2D eigenvalue weighted by Gasteiger charge is -2.45. The van der Waals surface area contributed by atoms with Crippen LogP contribution in [-0.2, 0) is 28.5 Å². The zero-order valence-electron chi connectivity index (χ0n) is 37.6. The SMILES string of the molecule is CC1OC(O[C@H]2/C=C/C=C/C=C/C=C/C=C/C=C/C=C/[C@H](C)[C@@H](O)[C@@H](C)[C@H](C)OC(=O)CC(O)CC(O)CCC(O)C(O)CC(O)C[C@]3(O)C[C@H](O)C(C(=O)O)C(C2)O3)C(O)[C@@H](N)C1O. The molecule has 65 heavy (non-hydrogen) atoms. The number of rotatable bonds is 3. The van der Waals surface area contributed by atoms with E-state index in [1.54, 1.807) is 80.7 Å². The van der Waals surface area contributed by atoms with Gasteiger partial charge in [-0.2, -0.15) is 0 Å². The number of fused-ring (bicyclic) bond motifs is 2. The number of allylic oxidation sites excluding steroid dienone is 12. The molecule has 3 heterocycles. The van der Waals surface area contributed by atoms with E-state index >= 15 is 0 Å². The van der Waals surface area contributed by atoms with Crippen molar-refractivity contribution in [2.45, 2.75) is 177 Å². The molecule has 3 rings (SSSR count). The molecular weight excluding hydrogens is 851 g/mol. The van der Waals surface area contributed by atoms with Crippen molar-refractivity contribution in [1.82, 2.24) is 0 Å². The van der Waals surface area contributed by atoms with Crippen LogP contribution < -0.4 is 5.73 Å². The summed E-state index contributed by atoms with van der Waals surface area (Å²) >= 11 is 0. The minimum atomic E-state index is -2.33. The van der Waals surface area contributed by atoms with Gasteiger partial charge in [0, 0.05) is 37.5 Å². The molecule has 3 aliphatic heterocycles. The van der Waals surface area contributed by atoms with Crippen molar-refractivity contribution in [2.24, 2.45) is 23.5 Å². The Labute approximate surface area is 381 Å². The van der Waals surface area contributed by atoms with Crippen LogP contribution in [-0.4, -0.2) is 166 Å². The predicted molar refractivity (Wildman–Crippen MR) is 237 cm³/mol. The number of esters is 1. The fraction of sp³-hybridized carbons (Fsp3) is 0.660. The first-order chi connectivity index (χ1) is 30.6. The summed E-state index contributed by atoms with van der Waals surface area (Å²) in [6.07, 6.45) is 3.46. The molecule has 0 spiro atoms. The molecular formula is C47H73NO17. The first-order valence-corrected chi connectivity index (χ1v) is 22.3. The van der Waals surface area contributed by atoms with Crippen LogP contribution in [0.5, 0.6) is 0 Å². The smallest absolute Gasteiger partial charge is 0.311 e. The number of carbonyl (C=O) groups is 2. The monoisotopic (exact) mass is 923 g/mol. The Morgan fingerprint density at radius 2 is 1.23 bits per heavy atom. The number of cyclic esters (lactones) is 1. The van der Waals surface area contributed by atoms with Gasteiger partial charge in [-0.3, -0.25) is 9.59 Å². The predicted octanol–water partition coefficient (Wildman–Crippen LogP) is 0.712. The molecule has 368 valence electrons. The third kappa shape index (κ3) is 18.6. The van der Waals surface area contributed by atoms with Gasteiger partial charge in [0.05, 0.1) is 79.6 Å². The molecule has 0 aromatic carbocycles. The summed E-state index contributed by atoms with van der Waals surface area (Å²) in [7, 11) is 0. The normalized spacial score (nSPS) is 45.5. The maximum Gasteiger partial charge on any atom is 0.311 e. The number of ether oxygens (including phenoxy) is 4. The number of hydrogen-bond donors (Lipinski definition) is 12. The Bertz CT molecular complexity index is 1670. The number of carbonyl (C=O) groups excluding carboxylic acids is 1. The van der Waals surface area contributed by atoms with Crippen LogP contribution in [0.15, 0.2) is 85.1 Å². The van der Waals surface area contributed by atoms with E-state index < -0.39 is 147 Å². The molecule has 2 fully saturated rings. The third-order valence-corrected chi connectivity index (χ3v) is 12.0. The lowest BCUT2D eigenvalue weighted by atomic mass is 9.82. The van der Waals surface area contributed by atoms with E-state index in [2.05, 4.69) is 0 Å². The summed E-state index contributed by atoms with van der Waals surface area (Å²) in [4.78, 5) is 25.1. The van der Waals surface area contributed by atoms with Crippen molar-refractivity contribution in [2.75, 3.05) is 0 Å². The van der Waals surface area contributed by atoms with Crippen LogP contribution in [0.4, 0.5) is 0 Å². The zero-order valence-corrected chi connectivity index (χ0v) is 37.6. The van der Waals surface area contributed by atoms with Crippen LogP contribution >= 0.6 is 0 Å². The molecule has 0 amide bonds. The van der Waals surface area contributed by atoms with Crippen LogP contribution in [0.25, 0.3) is 0 Å². The lowest BCUT2D eigenvalue weighted by Crippen LogP contribution is -2.61. The molecule has 2 bridgehead atoms. The molecule has 0 aromatic rings. The molecule has 18 heteroatoms. The quantitative estimate of drug-likeness (QED) is 0.174. The maximum atomic E-state index is 12.6. The largest absolute Gasteiger partial charge is 0.481 e. The minimum Gasteiger partial charge on any atom is -0.481 e. The average Bonchev–Trinajstić information content (AvgIpc) is 3.21. The van der Waals surface area contributed by atoms with Gasteiger partial charge in [-0.05, 0) is 33.1 Å². The average molecular weight is 924 g/mol. The Kier molecular flexibility index (Phi) is 23.6. The molecule has 11 unspecified atom stereocenters. The van der Waals surface area contributed by atoms with Crippen molar-refractivity contribution < 1.29 is 84.7 Å². The molecule has 3 aliphatic rings. The Hall–Kier alpha value is -3.44. The van der Waals surface area contributed by atoms with E-state index in [1.807, 2.05) is 19.1 Å². The van der Waals surface area contributed by atoms with E-state index in [4.69, 9.17) is 24.7 Å². The molecule has 2 saturated heterocycles. The number of aliphatic hydroxyl groups is 10. The van der Waals surface area contributed by atoms with Gasteiger partial charge < -0.3 is 80.9 Å². The number of hydrogen-bond acceptors (Lipinski definition) is 17. The van der Waals surface area contributed by atoms with E-state index in [1.165, 1.54) is 13.0 Å². The van der Waals surface area contributed by atoms with E-state index in [0.29, 0.717) is 0 Å².